The highest BCUT2D eigenvalue weighted by Gasteiger charge is 2.29. The molecule has 1 saturated heterocycles. The summed E-state index contributed by atoms with van der Waals surface area (Å²) in [6, 6.07) is 9.53. The maximum Gasteiger partial charge on any atom is 0.254 e. The molecule has 162 valence electrons. The van der Waals surface area contributed by atoms with Crippen molar-refractivity contribution in [3.05, 3.63) is 65.0 Å². The smallest absolute Gasteiger partial charge is 0.254 e. The Bertz CT molecular complexity index is 879. The van der Waals surface area contributed by atoms with Crippen molar-refractivity contribution in [3.8, 4) is 0 Å². The summed E-state index contributed by atoms with van der Waals surface area (Å²) >= 11 is 1.63. The van der Waals surface area contributed by atoms with E-state index in [2.05, 4.69) is 11.6 Å². The summed E-state index contributed by atoms with van der Waals surface area (Å²) in [6.45, 7) is 5.76. The molecular weight excluding hydrogens is 411 g/mol. The van der Waals surface area contributed by atoms with Crippen molar-refractivity contribution in [1.29, 1.82) is 0 Å². The standard InChI is InChI=1S/C22H26F3N3OS/c1-3-12-30-26-18-7-4-16(5-8-18)22(29)28-11-10-27(13-15(28)2)14-17-6-9-19(23)21(25)20(17)24/h4-9,15,26H,3,10-14H2,1-2H3. The second-order valence-electron chi connectivity index (χ2n) is 7.45. The van der Waals surface area contributed by atoms with Gasteiger partial charge >= 0.3 is 0 Å². The van der Waals surface area contributed by atoms with E-state index in [0.717, 1.165) is 23.9 Å². The summed E-state index contributed by atoms with van der Waals surface area (Å²) < 4.78 is 43.8. The summed E-state index contributed by atoms with van der Waals surface area (Å²) in [7, 11) is 0. The molecule has 8 heteroatoms. The molecule has 3 rings (SSSR count). The lowest BCUT2D eigenvalue weighted by Gasteiger charge is -2.40. The van der Waals surface area contributed by atoms with Crippen LogP contribution in [0.5, 0.6) is 0 Å². The minimum atomic E-state index is -1.44. The molecule has 1 amide bonds. The molecule has 1 aliphatic rings. The Morgan fingerprint density at radius 2 is 1.83 bits per heavy atom. The summed E-state index contributed by atoms with van der Waals surface area (Å²) in [6.07, 6.45) is 1.08. The van der Waals surface area contributed by atoms with Crippen LogP contribution in [-0.4, -0.2) is 47.1 Å². The quantitative estimate of drug-likeness (QED) is 0.379. The number of amides is 1. The maximum atomic E-state index is 14.0. The van der Waals surface area contributed by atoms with Crippen molar-refractivity contribution in [2.75, 3.05) is 30.1 Å². The molecule has 0 radical (unpaired) electrons. The Morgan fingerprint density at radius 3 is 2.50 bits per heavy atom. The highest BCUT2D eigenvalue weighted by atomic mass is 32.2. The molecule has 1 aliphatic heterocycles. The normalized spacial score (nSPS) is 17.2. The average molecular weight is 438 g/mol. The Balaban J connectivity index is 1.58. The van der Waals surface area contributed by atoms with Crippen LogP contribution in [0.25, 0.3) is 0 Å². The molecule has 0 saturated carbocycles. The third-order valence-corrected chi connectivity index (χ3v) is 6.10. The predicted molar refractivity (Wildman–Crippen MR) is 115 cm³/mol. The lowest BCUT2D eigenvalue weighted by molar-refractivity contribution is 0.0473. The Labute approximate surface area is 179 Å². The third kappa shape index (κ3) is 5.29. The zero-order valence-electron chi connectivity index (χ0n) is 17.1. The van der Waals surface area contributed by atoms with Gasteiger partial charge < -0.3 is 9.62 Å². The van der Waals surface area contributed by atoms with E-state index in [1.807, 2.05) is 36.1 Å². The molecule has 2 aromatic rings. The van der Waals surface area contributed by atoms with E-state index in [-0.39, 0.29) is 24.1 Å². The number of hydrogen-bond donors (Lipinski definition) is 1. The predicted octanol–water partition coefficient (Wildman–Crippen LogP) is 4.92. The topological polar surface area (TPSA) is 35.6 Å². The molecule has 1 unspecified atom stereocenters. The minimum absolute atomic E-state index is 0.0473. The van der Waals surface area contributed by atoms with Gasteiger partial charge in [0.2, 0.25) is 0 Å². The molecule has 0 spiro atoms. The number of nitrogens with zero attached hydrogens (tertiary/aromatic N) is 2. The summed E-state index contributed by atoms with van der Waals surface area (Å²) in [4.78, 5) is 16.7. The van der Waals surface area contributed by atoms with Gasteiger partial charge in [0, 0.05) is 54.8 Å². The van der Waals surface area contributed by atoms with Gasteiger partial charge in [-0.3, -0.25) is 9.69 Å². The van der Waals surface area contributed by atoms with Gasteiger partial charge in [0.25, 0.3) is 5.91 Å². The lowest BCUT2D eigenvalue weighted by Crippen LogP contribution is -2.53. The molecule has 0 aliphatic carbocycles. The van der Waals surface area contributed by atoms with E-state index >= 15 is 0 Å². The number of hydrogen-bond acceptors (Lipinski definition) is 4. The molecule has 2 aromatic carbocycles. The molecule has 30 heavy (non-hydrogen) atoms. The monoisotopic (exact) mass is 437 g/mol. The summed E-state index contributed by atoms with van der Waals surface area (Å²) in [5, 5.41) is 0. The average Bonchev–Trinajstić information content (AvgIpc) is 2.74. The van der Waals surface area contributed by atoms with Crippen LogP contribution >= 0.6 is 11.9 Å². The van der Waals surface area contributed by atoms with Crippen molar-refractivity contribution in [2.24, 2.45) is 0 Å². The Hall–Kier alpha value is -2.19. The van der Waals surface area contributed by atoms with E-state index in [1.54, 1.807) is 16.8 Å². The van der Waals surface area contributed by atoms with Crippen molar-refractivity contribution in [2.45, 2.75) is 32.9 Å². The van der Waals surface area contributed by atoms with Gasteiger partial charge in [0.1, 0.15) is 0 Å². The highest BCUT2D eigenvalue weighted by molar-refractivity contribution is 8.00. The number of carbonyl (C=O) groups is 1. The fraction of sp³-hybridized carbons (Fsp3) is 0.409. The van der Waals surface area contributed by atoms with E-state index in [1.165, 1.54) is 6.07 Å². The first-order valence-electron chi connectivity index (χ1n) is 10.0. The molecule has 1 fully saturated rings. The number of benzene rings is 2. The number of anilines is 1. The first-order valence-corrected chi connectivity index (χ1v) is 11.0. The van der Waals surface area contributed by atoms with Crippen LogP contribution in [0.2, 0.25) is 0 Å². The third-order valence-electron chi connectivity index (χ3n) is 5.11. The van der Waals surface area contributed by atoms with Gasteiger partial charge in [-0.25, -0.2) is 13.2 Å². The molecule has 0 bridgehead atoms. The first-order chi connectivity index (χ1) is 14.4. The van der Waals surface area contributed by atoms with Crippen LogP contribution in [0.1, 0.15) is 36.2 Å². The summed E-state index contributed by atoms with van der Waals surface area (Å²) in [5.41, 5.74) is 1.69. The molecule has 1 heterocycles. The van der Waals surface area contributed by atoms with Gasteiger partial charge in [-0.15, -0.1) is 0 Å². The number of halogens is 3. The molecular formula is C22H26F3N3OS. The van der Waals surface area contributed by atoms with Crippen LogP contribution in [0.4, 0.5) is 18.9 Å². The molecule has 0 aromatic heterocycles. The van der Waals surface area contributed by atoms with Crippen LogP contribution in [-0.2, 0) is 6.54 Å². The van der Waals surface area contributed by atoms with E-state index in [0.29, 0.717) is 25.2 Å². The van der Waals surface area contributed by atoms with Gasteiger partial charge in [0.05, 0.1) is 0 Å². The maximum absolute atomic E-state index is 14.0. The van der Waals surface area contributed by atoms with E-state index in [4.69, 9.17) is 0 Å². The van der Waals surface area contributed by atoms with Gasteiger partial charge in [-0.2, -0.15) is 0 Å². The summed E-state index contributed by atoms with van der Waals surface area (Å²) in [5.74, 6) is -2.82. The van der Waals surface area contributed by atoms with Crippen molar-refractivity contribution in [1.82, 2.24) is 9.80 Å². The van der Waals surface area contributed by atoms with Gasteiger partial charge in [-0.1, -0.05) is 24.9 Å². The Morgan fingerprint density at radius 1 is 1.10 bits per heavy atom. The zero-order valence-corrected chi connectivity index (χ0v) is 17.9. The minimum Gasteiger partial charge on any atom is -0.333 e. The van der Waals surface area contributed by atoms with Gasteiger partial charge in [0.15, 0.2) is 17.5 Å². The highest BCUT2D eigenvalue weighted by Crippen LogP contribution is 2.21. The largest absolute Gasteiger partial charge is 0.333 e. The van der Waals surface area contributed by atoms with E-state index < -0.39 is 17.5 Å². The first kappa shape index (κ1) is 22.5. The Kier molecular flexibility index (Phi) is 7.66. The number of piperazine rings is 1. The van der Waals surface area contributed by atoms with Crippen LogP contribution in [0.3, 0.4) is 0 Å². The number of carbonyl (C=O) groups excluding carboxylic acids is 1. The molecule has 1 N–H and O–H groups in total. The molecule has 4 nitrogen and oxygen atoms in total. The lowest BCUT2D eigenvalue weighted by atomic mass is 10.1. The molecule has 1 atom stereocenters. The van der Waals surface area contributed by atoms with Crippen LogP contribution in [0, 0.1) is 17.5 Å². The number of nitrogens with one attached hydrogen (secondary N) is 1. The fourth-order valence-electron chi connectivity index (χ4n) is 3.49. The van der Waals surface area contributed by atoms with Crippen LogP contribution < -0.4 is 4.72 Å². The van der Waals surface area contributed by atoms with Crippen molar-refractivity contribution in [3.63, 3.8) is 0 Å². The van der Waals surface area contributed by atoms with Crippen LogP contribution in [0.15, 0.2) is 36.4 Å². The second kappa shape index (κ2) is 10.2. The van der Waals surface area contributed by atoms with Crippen molar-refractivity contribution >= 4 is 23.5 Å². The SMILES string of the molecule is CCCSNc1ccc(C(=O)N2CCN(Cc3ccc(F)c(F)c3F)CC2C)cc1. The fourth-order valence-corrected chi connectivity index (χ4v) is 4.10. The van der Waals surface area contributed by atoms with Crippen molar-refractivity contribution < 1.29 is 18.0 Å². The van der Waals surface area contributed by atoms with Gasteiger partial charge in [-0.05, 0) is 43.7 Å². The second-order valence-corrected chi connectivity index (χ2v) is 8.35. The zero-order chi connectivity index (χ0) is 21.7. The number of rotatable bonds is 7. The van der Waals surface area contributed by atoms with E-state index in [9.17, 15) is 18.0 Å².